The Morgan fingerprint density at radius 1 is 1.35 bits per heavy atom. The van der Waals surface area contributed by atoms with E-state index >= 15 is 0 Å². The summed E-state index contributed by atoms with van der Waals surface area (Å²) in [6, 6.07) is 9.54. The molecular formula is C15H15ClN2O2. The van der Waals surface area contributed by atoms with Gasteiger partial charge in [0.25, 0.3) is 5.91 Å². The molecule has 0 fully saturated rings. The molecule has 4 nitrogen and oxygen atoms in total. The van der Waals surface area contributed by atoms with Gasteiger partial charge in [-0.15, -0.1) is 12.4 Å². The molecule has 0 aliphatic carbocycles. The third-order valence-electron chi connectivity index (χ3n) is 3.13. The van der Waals surface area contributed by atoms with E-state index < -0.39 is 0 Å². The Labute approximate surface area is 123 Å². The quantitative estimate of drug-likeness (QED) is 0.944. The van der Waals surface area contributed by atoms with Gasteiger partial charge in [-0.3, -0.25) is 9.78 Å². The Balaban J connectivity index is 0.00000147. The molecule has 20 heavy (non-hydrogen) atoms. The first-order valence-electron chi connectivity index (χ1n) is 6.26. The fourth-order valence-electron chi connectivity index (χ4n) is 2.13. The van der Waals surface area contributed by atoms with Gasteiger partial charge in [0.1, 0.15) is 5.75 Å². The topological polar surface area (TPSA) is 51.2 Å². The number of hydrogen-bond donors (Lipinski definition) is 1. The zero-order chi connectivity index (χ0) is 13.1. The molecule has 2 heterocycles. The van der Waals surface area contributed by atoms with Crippen LogP contribution in [0.2, 0.25) is 0 Å². The van der Waals surface area contributed by atoms with Crippen LogP contribution in [-0.2, 0) is 13.0 Å². The maximum Gasteiger partial charge on any atom is 0.253 e. The van der Waals surface area contributed by atoms with Crippen molar-refractivity contribution in [1.29, 1.82) is 0 Å². The van der Waals surface area contributed by atoms with Crippen LogP contribution in [0.25, 0.3) is 0 Å². The number of nitrogens with zero attached hydrogens (tertiary/aromatic N) is 1. The molecule has 0 bridgehead atoms. The zero-order valence-corrected chi connectivity index (χ0v) is 11.7. The summed E-state index contributed by atoms with van der Waals surface area (Å²) in [7, 11) is 0. The van der Waals surface area contributed by atoms with E-state index in [1.807, 2.05) is 12.1 Å². The molecule has 1 amide bonds. The van der Waals surface area contributed by atoms with Crippen LogP contribution in [0.4, 0.5) is 0 Å². The van der Waals surface area contributed by atoms with Crippen molar-refractivity contribution in [1.82, 2.24) is 10.3 Å². The molecule has 1 aromatic heterocycles. The van der Waals surface area contributed by atoms with Gasteiger partial charge < -0.3 is 10.1 Å². The van der Waals surface area contributed by atoms with E-state index in [9.17, 15) is 4.79 Å². The molecule has 0 radical (unpaired) electrons. The third kappa shape index (κ3) is 3.08. The molecule has 5 heteroatoms. The van der Waals surface area contributed by atoms with Gasteiger partial charge in [0.15, 0.2) is 0 Å². The smallest absolute Gasteiger partial charge is 0.253 e. The van der Waals surface area contributed by atoms with Gasteiger partial charge in [0.2, 0.25) is 0 Å². The van der Waals surface area contributed by atoms with Crippen molar-refractivity contribution in [2.75, 3.05) is 6.61 Å². The van der Waals surface area contributed by atoms with Crippen LogP contribution in [0.3, 0.4) is 0 Å². The summed E-state index contributed by atoms with van der Waals surface area (Å²) in [4.78, 5) is 15.8. The van der Waals surface area contributed by atoms with Gasteiger partial charge in [-0.1, -0.05) is 12.1 Å². The van der Waals surface area contributed by atoms with Crippen molar-refractivity contribution in [3.05, 3.63) is 59.4 Å². The van der Waals surface area contributed by atoms with E-state index in [2.05, 4.69) is 16.4 Å². The molecule has 2 aromatic rings. The van der Waals surface area contributed by atoms with Crippen LogP contribution in [-0.4, -0.2) is 17.5 Å². The van der Waals surface area contributed by atoms with E-state index in [0.29, 0.717) is 12.1 Å². The van der Waals surface area contributed by atoms with Crippen molar-refractivity contribution in [3.63, 3.8) is 0 Å². The van der Waals surface area contributed by atoms with E-state index in [4.69, 9.17) is 4.74 Å². The van der Waals surface area contributed by atoms with Gasteiger partial charge in [0.05, 0.1) is 12.2 Å². The minimum atomic E-state index is -0.107. The SMILES string of the molecule is Cl.O=C(NCc1ccc2c(c1)CCO2)c1cccnc1. The van der Waals surface area contributed by atoms with E-state index in [1.165, 1.54) is 5.56 Å². The van der Waals surface area contributed by atoms with Crippen LogP contribution >= 0.6 is 12.4 Å². The number of carbonyl (C=O) groups excluding carboxylic acids is 1. The van der Waals surface area contributed by atoms with Crippen molar-refractivity contribution < 1.29 is 9.53 Å². The van der Waals surface area contributed by atoms with Gasteiger partial charge >= 0.3 is 0 Å². The highest BCUT2D eigenvalue weighted by Crippen LogP contribution is 2.25. The van der Waals surface area contributed by atoms with E-state index in [1.54, 1.807) is 24.5 Å². The van der Waals surface area contributed by atoms with Crippen molar-refractivity contribution in [2.45, 2.75) is 13.0 Å². The van der Waals surface area contributed by atoms with Crippen molar-refractivity contribution in [2.24, 2.45) is 0 Å². The first-order valence-corrected chi connectivity index (χ1v) is 6.26. The maximum atomic E-state index is 11.9. The normalized spacial score (nSPS) is 12.0. The lowest BCUT2D eigenvalue weighted by Crippen LogP contribution is -2.22. The number of ether oxygens (including phenoxy) is 1. The number of pyridine rings is 1. The molecule has 0 spiro atoms. The summed E-state index contributed by atoms with van der Waals surface area (Å²) in [6.07, 6.45) is 4.16. The lowest BCUT2D eigenvalue weighted by Gasteiger charge is -2.06. The van der Waals surface area contributed by atoms with Crippen LogP contribution in [0.1, 0.15) is 21.5 Å². The van der Waals surface area contributed by atoms with Crippen LogP contribution in [0.5, 0.6) is 5.75 Å². The Bertz CT molecular complexity index is 602. The van der Waals surface area contributed by atoms with Crippen LogP contribution in [0.15, 0.2) is 42.7 Å². The number of rotatable bonds is 3. The lowest BCUT2D eigenvalue weighted by atomic mass is 10.1. The molecule has 104 valence electrons. The number of amides is 1. The number of carbonyl (C=O) groups is 1. The van der Waals surface area contributed by atoms with Crippen LogP contribution < -0.4 is 10.1 Å². The molecule has 0 unspecified atom stereocenters. The predicted octanol–water partition coefficient (Wildman–Crippen LogP) is 2.37. The monoisotopic (exact) mass is 290 g/mol. The summed E-state index contributed by atoms with van der Waals surface area (Å²) in [5.41, 5.74) is 2.88. The van der Waals surface area contributed by atoms with Gasteiger partial charge in [-0.05, 0) is 29.3 Å². The Morgan fingerprint density at radius 3 is 3.05 bits per heavy atom. The molecule has 1 aliphatic heterocycles. The predicted molar refractivity (Wildman–Crippen MR) is 78.3 cm³/mol. The fourth-order valence-corrected chi connectivity index (χ4v) is 2.13. The minimum Gasteiger partial charge on any atom is -0.493 e. The summed E-state index contributed by atoms with van der Waals surface area (Å²) in [5.74, 6) is 0.854. The molecule has 0 atom stereocenters. The average molecular weight is 291 g/mol. The van der Waals surface area contributed by atoms with E-state index in [0.717, 1.165) is 24.3 Å². The number of aromatic nitrogens is 1. The molecule has 3 rings (SSSR count). The number of hydrogen-bond acceptors (Lipinski definition) is 3. The first kappa shape index (κ1) is 14.3. The Kier molecular flexibility index (Phi) is 4.58. The van der Waals surface area contributed by atoms with Crippen molar-refractivity contribution >= 4 is 18.3 Å². The highest BCUT2D eigenvalue weighted by molar-refractivity contribution is 5.93. The largest absolute Gasteiger partial charge is 0.493 e. The van der Waals surface area contributed by atoms with Gasteiger partial charge in [0, 0.05) is 25.4 Å². The Hall–Kier alpha value is -2.07. The minimum absolute atomic E-state index is 0. The molecule has 1 aromatic carbocycles. The number of benzene rings is 1. The third-order valence-corrected chi connectivity index (χ3v) is 3.13. The number of fused-ring (bicyclic) bond motifs is 1. The highest BCUT2D eigenvalue weighted by atomic mass is 35.5. The first-order chi connectivity index (χ1) is 9.33. The molecule has 1 N–H and O–H groups in total. The highest BCUT2D eigenvalue weighted by Gasteiger charge is 2.12. The standard InChI is InChI=1S/C15H14N2O2.ClH/c18-15(13-2-1-6-16-10-13)17-9-11-3-4-14-12(8-11)5-7-19-14;/h1-4,6,8,10H,5,7,9H2,(H,17,18);1H. The second kappa shape index (κ2) is 6.39. The van der Waals surface area contributed by atoms with Gasteiger partial charge in [-0.2, -0.15) is 0 Å². The summed E-state index contributed by atoms with van der Waals surface area (Å²) in [5, 5.41) is 2.89. The number of nitrogens with one attached hydrogen (secondary N) is 1. The number of halogens is 1. The summed E-state index contributed by atoms with van der Waals surface area (Å²) in [6.45, 7) is 1.27. The lowest BCUT2D eigenvalue weighted by molar-refractivity contribution is 0.0950. The molecular weight excluding hydrogens is 276 g/mol. The van der Waals surface area contributed by atoms with Crippen LogP contribution in [0, 0.1) is 0 Å². The zero-order valence-electron chi connectivity index (χ0n) is 10.8. The molecule has 0 saturated heterocycles. The van der Waals surface area contributed by atoms with Gasteiger partial charge in [-0.25, -0.2) is 0 Å². The summed E-state index contributed by atoms with van der Waals surface area (Å²) >= 11 is 0. The van der Waals surface area contributed by atoms with Crippen molar-refractivity contribution in [3.8, 4) is 5.75 Å². The fraction of sp³-hybridized carbons (Fsp3) is 0.200. The second-order valence-corrected chi connectivity index (χ2v) is 4.46. The average Bonchev–Trinajstić information content (AvgIpc) is 2.93. The Morgan fingerprint density at radius 2 is 2.25 bits per heavy atom. The molecule has 1 aliphatic rings. The maximum absolute atomic E-state index is 11.9. The summed E-state index contributed by atoms with van der Waals surface area (Å²) < 4.78 is 5.45. The van der Waals surface area contributed by atoms with E-state index in [-0.39, 0.29) is 18.3 Å². The molecule has 0 saturated carbocycles. The second-order valence-electron chi connectivity index (χ2n) is 4.46.